The van der Waals surface area contributed by atoms with E-state index < -0.39 is 0 Å². The van der Waals surface area contributed by atoms with Crippen molar-refractivity contribution in [1.29, 1.82) is 0 Å². The molecular weight excluding hydrogens is 316 g/mol. The number of pyridine rings is 1. The Kier molecular flexibility index (Phi) is 5.29. The van der Waals surface area contributed by atoms with Gasteiger partial charge in [0.15, 0.2) is 0 Å². The Balaban J connectivity index is 1.78. The van der Waals surface area contributed by atoms with Gasteiger partial charge < -0.3 is 20.2 Å². The standard InChI is InChI=1S/C19H30N4O2/c1-14(2)21-18(25)15-5-8-20-17(11-15)23-10-7-19(13-24)6-4-9-22(3)16(19)12-23/h5,8,11,14,16,24H,4,6-7,9-10,12-13H2,1-3H3,(H,21,25)/t16-,19-/m1/s1. The van der Waals surface area contributed by atoms with Crippen LogP contribution >= 0.6 is 0 Å². The third-order valence-corrected chi connectivity index (χ3v) is 5.76. The molecule has 2 aliphatic heterocycles. The number of hydrogen-bond acceptors (Lipinski definition) is 5. The summed E-state index contributed by atoms with van der Waals surface area (Å²) < 4.78 is 0. The molecule has 1 amide bonds. The zero-order valence-electron chi connectivity index (χ0n) is 15.5. The van der Waals surface area contributed by atoms with E-state index in [4.69, 9.17) is 0 Å². The van der Waals surface area contributed by atoms with E-state index in [2.05, 4.69) is 27.1 Å². The second-order valence-corrected chi connectivity index (χ2v) is 7.85. The van der Waals surface area contributed by atoms with Gasteiger partial charge in [-0.15, -0.1) is 0 Å². The first-order valence-electron chi connectivity index (χ1n) is 9.28. The van der Waals surface area contributed by atoms with Crippen molar-refractivity contribution >= 4 is 11.7 Å². The van der Waals surface area contributed by atoms with Crippen LogP contribution in [0, 0.1) is 5.41 Å². The van der Waals surface area contributed by atoms with Crippen molar-refractivity contribution in [2.24, 2.45) is 5.41 Å². The fourth-order valence-corrected chi connectivity index (χ4v) is 4.30. The van der Waals surface area contributed by atoms with E-state index in [0.717, 1.165) is 44.7 Å². The molecule has 0 saturated carbocycles. The highest BCUT2D eigenvalue weighted by Gasteiger charge is 2.46. The monoisotopic (exact) mass is 346 g/mol. The molecule has 2 saturated heterocycles. The van der Waals surface area contributed by atoms with Crippen molar-refractivity contribution in [2.75, 3.05) is 38.2 Å². The highest BCUT2D eigenvalue weighted by molar-refractivity contribution is 5.94. The number of nitrogens with zero attached hydrogens (tertiary/aromatic N) is 3. The van der Waals surface area contributed by atoms with Crippen molar-refractivity contribution in [2.45, 2.75) is 45.2 Å². The van der Waals surface area contributed by atoms with E-state index >= 15 is 0 Å². The molecule has 0 bridgehead atoms. The maximum absolute atomic E-state index is 12.3. The average Bonchev–Trinajstić information content (AvgIpc) is 2.61. The van der Waals surface area contributed by atoms with Crippen LogP contribution in [0.3, 0.4) is 0 Å². The Labute approximate surface area is 150 Å². The summed E-state index contributed by atoms with van der Waals surface area (Å²) in [5.41, 5.74) is 0.658. The van der Waals surface area contributed by atoms with Gasteiger partial charge in [-0.25, -0.2) is 4.98 Å². The van der Waals surface area contributed by atoms with Crippen LogP contribution < -0.4 is 10.2 Å². The molecule has 0 unspecified atom stereocenters. The number of amides is 1. The predicted octanol–water partition coefficient (Wildman–Crippen LogP) is 1.50. The third kappa shape index (κ3) is 3.65. The second-order valence-electron chi connectivity index (χ2n) is 7.85. The van der Waals surface area contributed by atoms with E-state index in [1.54, 1.807) is 12.3 Å². The molecule has 3 heterocycles. The van der Waals surface area contributed by atoms with Crippen LogP contribution in [0.15, 0.2) is 18.3 Å². The minimum Gasteiger partial charge on any atom is -0.396 e. The first-order valence-corrected chi connectivity index (χ1v) is 9.28. The lowest BCUT2D eigenvalue weighted by Crippen LogP contribution is -2.61. The first kappa shape index (κ1) is 18.1. The summed E-state index contributed by atoms with van der Waals surface area (Å²) in [6.45, 7) is 6.95. The molecule has 2 N–H and O–H groups in total. The fourth-order valence-electron chi connectivity index (χ4n) is 4.30. The maximum Gasteiger partial charge on any atom is 0.251 e. The van der Waals surface area contributed by atoms with Crippen molar-refractivity contribution < 1.29 is 9.90 Å². The minimum atomic E-state index is -0.0600. The van der Waals surface area contributed by atoms with E-state index in [1.165, 1.54) is 0 Å². The number of carbonyl (C=O) groups excluding carboxylic acids is 1. The smallest absolute Gasteiger partial charge is 0.251 e. The molecule has 2 aliphatic rings. The van der Waals surface area contributed by atoms with E-state index in [-0.39, 0.29) is 24.0 Å². The molecule has 0 aromatic carbocycles. The summed E-state index contributed by atoms with van der Waals surface area (Å²) in [6.07, 6.45) is 4.92. The molecule has 138 valence electrons. The number of likely N-dealkylation sites (tertiary alicyclic amines) is 1. The Bertz CT molecular complexity index is 621. The van der Waals surface area contributed by atoms with Gasteiger partial charge in [0.05, 0.1) is 6.61 Å². The summed E-state index contributed by atoms with van der Waals surface area (Å²) in [5.74, 6) is 0.789. The molecule has 6 heteroatoms. The van der Waals surface area contributed by atoms with E-state index in [0.29, 0.717) is 11.6 Å². The molecule has 1 aromatic rings. The number of aliphatic hydroxyl groups excluding tert-OH is 1. The van der Waals surface area contributed by atoms with Crippen molar-refractivity contribution in [3.63, 3.8) is 0 Å². The van der Waals surface area contributed by atoms with Gasteiger partial charge in [-0.2, -0.15) is 0 Å². The number of hydrogen-bond donors (Lipinski definition) is 2. The molecule has 1 aromatic heterocycles. The van der Waals surface area contributed by atoms with Gasteiger partial charge in [0.2, 0.25) is 0 Å². The molecule has 2 atom stereocenters. The van der Waals surface area contributed by atoms with Gasteiger partial charge in [0.25, 0.3) is 5.91 Å². The Morgan fingerprint density at radius 2 is 2.24 bits per heavy atom. The number of aromatic nitrogens is 1. The average molecular weight is 346 g/mol. The largest absolute Gasteiger partial charge is 0.396 e. The van der Waals surface area contributed by atoms with Crippen LogP contribution in [0.5, 0.6) is 0 Å². The lowest BCUT2D eigenvalue weighted by Gasteiger charge is -2.53. The molecule has 3 rings (SSSR count). The van der Waals surface area contributed by atoms with Gasteiger partial charge in [-0.3, -0.25) is 4.79 Å². The van der Waals surface area contributed by atoms with Gasteiger partial charge >= 0.3 is 0 Å². The summed E-state index contributed by atoms with van der Waals surface area (Å²) in [5, 5.41) is 13.0. The lowest BCUT2D eigenvalue weighted by atomic mass is 9.69. The first-order chi connectivity index (χ1) is 11.9. The van der Waals surface area contributed by atoms with Crippen LogP contribution in [-0.2, 0) is 0 Å². The number of rotatable bonds is 4. The summed E-state index contributed by atoms with van der Waals surface area (Å²) in [6, 6.07) is 4.08. The quantitative estimate of drug-likeness (QED) is 0.865. The fraction of sp³-hybridized carbons (Fsp3) is 0.684. The zero-order chi connectivity index (χ0) is 18.0. The lowest BCUT2D eigenvalue weighted by molar-refractivity contribution is -0.0277. The number of piperidine rings is 2. The van der Waals surface area contributed by atoms with Gasteiger partial charge in [0.1, 0.15) is 5.82 Å². The maximum atomic E-state index is 12.3. The Morgan fingerprint density at radius 3 is 2.96 bits per heavy atom. The van der Waals surface area contributed by atoms with E-state index in [9.17, 15) is 9.90 Å². The van der Waals surface area contributed by atoms with Crippen LogP contribution in [0.25, 0.3) is 0 Å². The highest BCUT2D eigenvalue weighted by atomic mass is 16.3. The molecule has 6 nitrogen and oxygen atoms in total. The number of nitrogens with one attached hydrogen (secondary N) is 1. The summed E-state index contributed by atoms with van der Waals surface area (Å²) in [4.78, 5) is 21.4. The molecule has 2 fully saturated rings. The molecule has 0 radical (unpaired) electrons. The van der Waals surface area contributed by atoms with Crippen LogP contribution in [0.4, 0.5) is 5.82 Å². The SMILES string of the molecule is CC(C)NC(=O)c1ccnc(N2CC[C@@]3(CO)CCCN(C)[C@@H]3C2)c1. The van der Waals surface area contributed by atoms with Crippen molar-refractivity contribution in [3.8, 4) is 0 Å². The normalized spacial score (nSPS) is 27.2. The topological polar surface area (TPSA) is 68.7 Å². The van der Waals surface area contributed by atoms with Crippen LogP contribution in [0.2, 0.25) is 0 Å². The van der Waals surface area contributed by atoms with Crippen molar-refractivity contribution in [1.82, 2.24) is 15.2 Å². The zero-order valence-corrected chi connectivity index (χ0v) is 15.5. The van der Waals surface area contributed by atoms with Crippen LogP contribution in [0.1, 0.15) is 43.5 Å². The second kappa shape index (κ2) is 7.30. The Hall–Kier alpha value is -1.66. The number of carbonyl (C=O) groups is 1. The summed E-state index contributed by atoms with van der Waals surface area (Å²) >= 11 is 0. The highest BCUT2D eigenvalue weighted by Crippen LogP contribution is 2.42. The van der Waals surface area contributed by atoms with Crippen molar-refractivity contribution in [3.05, 3.63) is 23.9 Å². The van der Waals surface area contributed by atoms with Gasteiger partial charge in [-0.05, 0) is 58.8 Å². The molecule has 25 heavy (non-hydrogen) atoms. The number of anilines is 1. The summed E-state index contributed by atoms with van der Waals surface area (Å²) in [7, 11) is 2.15. The van der Waals surface area contributed by atoms with Gasteiger partial charge in [0, 0.05) is 42.3 Å². The van der Waals surface area contributed by atoms with Gasteiger partial charge in [-0.1, -0.05) is 0 Å². The van der Waals surface area contributed by atoms with E-state index in [1.807, 2.05) is 19.9 Å². The number of aliphatic hydroxyl groups is 1. The van der Waals surface area contributed by atoms with Crippen LogP contribution in [-0.4, -0.2) is 66.3 Å². The number of fused-ring (bicyclic) bond motifs is 1. The molecule has 0 spiro atoms. The predicted molar refractivity (Wildman–Crippen MR) is 98.8 cm³/mol. The third-order valence-electron chi connectivity index (χ3n) is 5.76. The minimum absolute atomic E-state index is 0.0100. The Morgan fingerprint density at radius 1 is 1.44 bits per heavy atom. The number of likely N-dealkylation sites (N-methyl/N-ethyl adjacent to an activating group) is 1. The molecular formula is C19H30N4O2. The molecule has 0 aliphatic carbocycles.